The van der Waals surface area contributed by atoms with Crippen molar-refractivity contribution in [3.63, 3.8) is 0 Å². The first-order chi connectivity index (χ1) is 8.08. The predicted octanol–water partition coefficient (Wildman–Crippen LogP) is 4.03. The SMILES string of the molecule is C=C(C)CN(CC=C(C)C)Cc1ccccc1. The molecule has 0 saturated heterocycles. The van der Waals surface area contributed by atoms with Crippen molar-refractivity contribution in [2.75, 3.05) is 13.1 Å². The van der Waals surface area contributed by atoms with E-state index in [1.165, 1.54) is 16.7 Å². The molecule has 0 bridgehead atoms. The minimum Gasteiger partial charge on any atom is -0.292 e. The molecule has 0 aliphatic carbocycles. The van der Waals surface area contributed by atoms with Gasteiger partial charge in [-0.05, 0) is 26.3 Å². The molecule has 0 aliphatic heterocycles. The van der Waals surface area contributed by atoms with Crippen LogP contribution in [-0.2, 0) is 6.54 Å². The lowest BCUT2D eigenvalue weighted by Gasteiger charge is -2.21. The molecule has 0 atom stereocenters. The third-order valence-electron chi connectivity index (χ3n) is 2.50. The van der Waals surface area contributed by atoms with Crippen LogP contribution < -0.4 is 0 Å². The Kier molecular flexibility index (Phi) is 5.71. The molecule has 1 aromatic rings. The molecule has 1 heteroatoms. The zero-order valence-electron chi connectivity index (χ0n) is 11.2. The summed E-state index contributed by atoms with van der Waals surface area (Å²) < 4.78 is 0. The third-order valence-corrected chi connectivity index (χ3v) is 2.50. The van der Waals surface area contributed by atoms with Crippen molar-refractivity contribution in [1.29, 1.82) is 0 Å². The van der Waals surface area contributed by atoms with Crippen LogP contribution in [0.5, 0.6) is 0 Å². The molecule has 0 N–H and O–H groups in total. The van der Waals surface area contributed by atoms with Gasteiger partial charge in [-0.25, -0.2) is 0 Å². The molecule has 0 aromatic heterocycles. The summed E-state index contributed by atoms with van der Waals surface area (Å²) in [5.74, 6) is 0. The normalized spacial score (nSPS) is 10.4. The lowest BCUT2D eigenvalue weighted by Crippen LogP contribution is -2.25. The highest BCUT2D eigenvalue weighted by atomic mass is 15.1. The van der Waals surface area contributed by atoms with Gasteiger partial charge in [-0.2, -0.15) is 0 Å². The van der Waals surface area contributed by atoms with Crippen LogP contribution in [0.4, 0.5) is 0 Å². The summed E-state index contributed by atoms with van der Waals surface area (Å²) in [5, 5.41) is 0. The lowest BCUT2D eigenvalue weighted by atomic mass is 10.2. The Morgan fingerprint density at radius 2 is 1.82 bits per heavy atom. The molecule has 92 valence electrons. The van der Waals surface area contributed by atoms with Crippen LogP contribution in [0.1, 0.15) is 26.3 Å². The van der Waals surface area contributed by atoms with E-state index in [-0.39, 0.29) is 0 Å². The van der Waals surface area contributed by atoms with Gasteiger partial charge in [0.25, 0.3) is 0 Å². The third kappa shape index (κ3) is 6.08. The first-order valence-electron chi connectivity index (χ1n) is 6.12. The summed E-state index contributed by atoms with van der Waals surface area (Å²) in [7, 11) is 0. The Morgan fingerprint density at radius 1 is 1.18 bits per heavy atom. The van der Waals surface area contributed by atoms with Crippen molar-refractivity contribution >= 4 is 0 Å². The summed E-state index contributed by atoms with van der Waals surface area (Å²) in [6.07, 6.45) is 2.27. The van der Waals surface area contributed by atoms with E-state index in [0.29, 0.717) is 0 Å². The van der Waals surface area contributed by atoms with Crippen LogP contribution in [0.3, 0.4) is 0 Å². The average Bonchev–Trinajstić information content (AvgIpc) is 2.26. The molecule has 0 radical (unpaired) electrons. The fourth-order valence-corrected chi connectivity index (χ4v) is 1.72. The molecule has 17 heavy (non-hydrogen) atoms. The van der Waals surface area contributed by atoms with Gasteiger partial charge in [0.15, 0.2) is 0 Å². The van der Waals surface area contributed by atoms with E-state index in [0.717, 1.165) is 19.6 Å². The Balaban J connectivity index is 2.63. The van der Waals surface area contributed by atoms with Gasteiger partial charge in [0.1, 0.15) is 0 Å². The van der Waals surface area contributed by atoms with Crippen LogP contribution in [0.15, 0.2) is 54.1 Å². The van der Waals surface area contributed by atoms with Crippen LogP contribution in [0.25, 0.3) is 0 Å². The highest BCUT2D eigenvalue weighted by molar-refractivity contribution is 5.15. The van der Waals surface area contributed by atoms with Gasteiger partial charge in [-0.1, -0.05) is 54.1 Å². The van der Waals surface area contributed by atoms with Crippen molar-refractivity contribution in [2.24, 2.45) is 0 Å². The summed E-state index contributed by atoms with van der Waals surface area (Å²) in [6, 6.07) is 10.6. The second-order valence-electron chi connectivity index (χ2n) is 4.89. The largest absolute Gasteiger partial charge is 0.292 e. The second-order valence-corrected chi connectivity index (χ2v) is 4.89. The number of allylic oxidation sites excluding steroid dienone is 1. The maximum Gasteiger partial charge on any atom is 0.0240 e. The number of benzene rings is 1. The zero-order valence-corrected chi connectivity index (χ0v) is 11.2. The van der Waals surface area contributed by atoms with E-state index in [9.17, 15) is 0 Å². The summed E-state index contributed by atoms with van der Waals surface area (Å²) in [5.41, 5.74) is 3.93. The molecule has 0 unspecified atom stereocenters. The fraction of sp³-hybridized carbons (Fsp3) is 0.375. The molecule has 0 aliphatic rings. The number of hydrogen-bond acceptors (Lipinski definition) is 1. The molecule has 0 saturated carbocycles. The van der Waals surface area contributed by atoms with E-state index in [2.05, 4.69) is 68.7 Å². The quantitative estimate of drug-likeness (QED) is 0.666. The van der Waals surface area contributed by atoms with Crippen molar-refractivity contribution in [2.45, 2.75) is 27.3 Å². The van der Waals surface area contributed by atoms with Gasteiger partial charge in [-0.15, -0.1) is 0 Å². The van der Waals surface area contributed by atoms with E-state index in [4.69, 9.17) is 0 Å². The Hall–Kier alpha value is -1.34. The van der Waals surface area contributed by atoms with Crippen molar-refractivity contribution in [3.05, 3.63) is 59.7 Å². The fourth-order valence-electron chi connectivity index (χ4n) is 1.72. The van der Waals surface area contributed by atoms with Crippen LogP contribution in [0, 0.1) is 0 Å². The smallest absolute Gasteiger partial charge is 0.0240 e. The molecule has 0 heterocycles. The minimum absolute atomic E-state index is 0.957. The summed E-state index contributed by atoms with van der Waals surface area (Å²) in [6.45, 7) is 13.3. The Bertz CT molecular complexity index is 372. The van der Waals surface area contributed by atoms with Gasteiger partial charge in [0.2, 0.25) is 0 Å². The lowest BCUT2D eigenvalue weighted by molar-refractivity contribution is 0.319. The van der Waals surface area contributed by atoms with E-state index in [1.807, 2.05) is 0 Å². The molecule has 0 spiro atoms. The van der Waals surface area contributed by atoms with Gasteiger partial charge < -0.3 is 0 Å². The minimum atomic E-state index is 0.957. The average molecular weight is 229 g/mol. The van der Waals surface area contributed by atoms with Crippen molar-refractivity contribution in [1.82, 2.24) is 4.90 Å². The van der Waals surface area contributed by atoms with E-state index >= 15 is 0 Å². The van der Waals surface area contributed by atoms with Gasteiger partial charge in [0, 0.05) is 19.6 Å². The van der Waals surface area contributed by atoms with Gasteiger partial charge in [0.05, 0.1) is 0 Å². The molecular formula is C16H23N. The first-order valence-corrected chi connectivity index (χ1v) is 6.12. The summed E-state index contributed by atoms with van der Waals surface area (Å²) in [4.78, 5) is 2.41. The molecule has 1 nitrogen and oxygen atoms in total. The first kappa shape index (κ1) is 13.7. The monoisotopic (exact) mass is 229 g/mol. The Morgan fingerprint density at radius 3 is 2.35 bits per heavy atom. The molecule has 1 rings (SSSR count). The standard InChI is InChI=1S/C16H23N/c1-14(2)10-11-17(12-15(3)4)13-16-8-6-5-7-9-16/h5-10H,3,11-13H2,1-2,4H3. The molecule has 0 amide bonds. The van der Waals surface area contributed by atoms with Crippen LogP contribution in [0.2, 0.25) is 0 Å². The highest BCUT2D eigenvalue weighted by Gasteiger charge is 2.04. The van der Waals surface area contributed by atoms with Crippen molar-refractivity contribution in [3.8, 4) is 0 Å². The number of nitrogens with zero attached hydrogens (tertiary/aromatic N) is 1. The number of hydrogen-bond donors (Lipinski definition) is 0. The zero-order chi connectivity index (χ0) is 12.7. The summed E-state index contributed by atoms with van der Waals surface area (Å²) >= 11 is 0. The Labute approximate surface area is 105 Å². The van der Waals surface area contributed by atoms with Gasteiger partial charge >= 0.3 is 0 Å². The second kappa shape index (κ2) is 7.08. The topological polar surface area (TPSA) is 3.24 Å². The van der Waals surface area contributed by atoms with E-state index in [1.54, 1.807) is 0 Å². The number of rotatable bonds is 6. The molecule has 0 fully saturated rings. The predicted molar refractivity (Wildman–Crippen MR) is 76.0 cm³/mol. The maximum atomic E-state index is 4.00. The highest BCUT2D eigenvalue weighted by Crippen LogP contribution is 2.07. The maximum absolute atomic E-state index is 4.00. The van der Waals surface area contributed by atoms with Crippen molar-refractivity contribution < 1.29 is 0 Å². The molecular weight excluding hydrogens is 206 g/mol. The molecule has 1 aromatic carbocycles. The van der Waals surface area contributed by atoms with Crippen LogP contribution in [-0.4, -0.2) is 18.0 Å². The van der Waals surface area contributed by atoms with Gasteiger partial charge in [-0.3, -0.25) is 4.90 Å². The van der Waals surface area contributed by atoms with E-state index < -0.39 is 0 Å². The van der Waals surface area contributed by atoms with Crippen LogP contribution >= 0.6 is 0 Å².